The van der Waals surface area contributed by atoms with Gasteiger partial charge in [-0.1, -0.05) is 11.6 Å². The van der Waals surface area contributed by atoms with Gasteiger partial charge in [0.15, 0.2) is 0 Å². The van der Waals surface area contributed by atoms with Gasteiger partial charge in [-0.3, -0.25) is 0 Å². The average Bonchev–Trinajstić information content (AvgIpc) is 3.12. The molecule has 0 unspecified atom stereocenters. The Labute approximate surface area is 142 Å². The van der Waals surface area contributed by atoms with Crippen LogP contribution in [0.25, 0.3) is 0 Å². The quantitative estimate of drug-likeness (QED) is 0.806. The van der Waals surface area contributed by atoms with Crippen molar-refractivity contribution in [2.24, 2.45) is 0 Å². The predicted octanol–water partition coefficient (Wildman–Crippen LogP) is 2.07. The molecule has 0 bridgehead atoms. The average molecular weight is 330 g/mol. The summed E-state index contributed by atoms with van der Waals surface area (Å²) < 4.78 is 5.52. The highest BCUT2D eigenvalue weighted by Crippen LogP contribution is 2.28. The van der Waals surface area contributed by atoms with Crippen LogP contribution < -0.4 is 10.2 Å². The van der Waals surface area contributed by atoms with Gasteiger partial charge in [-0.05, 0) is 32.1 Å². The van der Waals surface area contributed by atoms with Crippen LogP contribution >= 0.6 is 0 Å². The molecule has 4 rings (SSSR count). The number of nitrogens with one attached hydrogen (secondary N) is 1. The van der Waals surface area contributed by atoms with Gasteiger partial charge in [0.25, 0.3) is 0 Å². The summed E-state index contributed by atoms with van der Waals surface area (Å²) in [5.41, 5.74) is 2.53. The van der Waals surface area contributed by atoms with E-state index in [1.165, 1.54) is 31.3 Å². The van der Waals surface area contributed by atoms with Crippen molar-refractivity contribution < 1.29 is 9.84 Å². The zero-order chi connectivity index (χ0) is 16.4. The van der Waals surface area contributed by atoms with E-state index in [4.69, 9.17) is 9.72 Å². The highest BCUT2D eigenvalue weighted by molar-refractivity contribution is 5.47. The lowest BCUT2D eigenvalue weighted by Crippen LogP contribution is -2.51. The van der Waals surface area contributed by atoms with E-state index >= 15 is 0 Å². The minimum Gasteiger partial charge on any atom is -0.389 e. The molecule has 130 valence electrons. The predicted molar refractivity (Wildman–Crippen MR) is 93.5 cm³/mol. The Morgan fingerprint density at radius 2 is 2.21 bits per heavy atom. The minimum atomic E-state index is -0.254. The van der Waals surface area contributed by atoms with Gasteiger partial charge in [0, 0.05) is 38.2 Å². The van der Waals surface area contributed by atoms with Gasteiger partial charge >= 0.3 is 0 Å². The molecule has 2 saturated heterocycles. The van der Waals surface area contributed by atoms with E-state index in [9.17, 15) is 5.11 Å². The van der Waals surface area contributed by atoms with Crippen LogP contribution in [0, 0.1) is 0 Å². The molecule has 2 N–H and O–H groups in total. The van der Waals surface area contributed by atoms with Crippen molar-refractivity contribution in [2.75, 3.05) is 43.1 Å². The number of hydrogen-bond donors (Lipinski definition) is 2. The van der Waals surface area contributed by atoms with E-state index < -0.39 is 0 Å². The fourth-order valence-corrected chi connectivity index (χ4v) is 3.55. The molecule has 1 aliphatic carbocycles. The summed E-state index contributed by atoms with van der Waals surface area (Å²) in [6, 6.07) is 2.07. The summed E-state index contributed by atoms with van der Waals surface area (Å²) >= 11 is 0. The largest absolute Gasteiger partial charge is 0.389 e. The highest BCUT2D eigenvalue weighted by atomic mass is 16.5. The molecular formula is C18H26N4O2. The molecule has 1 aromatic heterocycles. The van der Waals surface area contributed by atoms with Gasteiger partial charge in [0.2, 0.25) is 5.95 Å². The van der Waals surface area contributed by atoms with Crippen molar-refractivity contribution in [2.45, 2.75) is 44.1 Å². The smallest absolute Gasteiger partial charge is 0.227 e. The first-order valence-corrected chi connectivity index (χ1v) is 9.09. The van der Waals surface area contributed by atoms with Gasteiger partial charge in [-0.15, -0.1) is 0 Å². The molecule has 6 nitrogen and oxygen atoms in total. The van der Waals surface area contributed by atoms with Crippen molar-refractivity contribution in [3.05, 3.63) is 23.4 Å². The van der Waals surface area contributed by atoms with Gasteiger partial charge in [-0.2, -0.15) is 4.98 Å². The molecule has 2 fully saturated rings. The van der Waals surface area contributed by atoms with Crippen LogP contribution in [-0.2, 0) is 4.74 Å². The number of allylic oxidation sites excluding steroid dienone is 1. The second kappa shape index (κ2) is 7.07. The molecule has 6 heteroatoms. The molecule has 1 atom stereocenters. The fourth-order valence-electron chi connectivity index (χ4n) is 3.55. The van der Waals surface area contributed by atoms with Crippen LogP contribution in [0.4, 0.5) is 11.8 Å². The molecule has 0 saturated carbocycles. The third-order valence-corrected chi connectivity index (χ3v) is 5.11. The second-order valence-electron chi connectivity index (χ2n) is 7.06. The van der Waals surface area contributed by atoms with Crippen molar-refractivity contribution in [3.8, 4) is 0 Å². The Hall–Kier alpha value is -1.66. The Morgan fingerprint density at radius 3 is 2.92 bits per heavy atom. The van der Waals surface area contributed by atoms with Crippen molar-refractivity contribution in [1.29, 1.82) is 0 Å². The molecule has 0 amide bonds. The second-order valence-corrected chi connectivity index (χ2v) is 7.06. The van der Waals surface area contributed by atoms with E-state index in [1.807, 2.05) is 4.90 Å². The number of rotatable bonds is 5. The summed E-state index contributed by atoms with van der Waals surface area (Å²) in [6.07, 6.45) is 8.11. The normalized spacial score (nSPS) is 24.6. The summed E-state index contributed by atoms with van der Waals surface area (Å²) in [4.78, 5) is 11.4. The third kappa shape index (κ3) is 3.54. The Balaban J connectivity index is 1.51. The summed E-state index contributed by atoms with van der Waals surface area (Å²) in [5.74, 6) is 1.96. The summed E-state index contributed by atoms with van der Waals surface area (Å²) in [5, 5.41) is 13.0. The van der Waals surface area contributed by atoms with Crippen LogP contribution in [0.15, 0.2) is 17.7 Å². The van der Waals surface area contributed by atoms with Crippen LogP contribution in [-0.4, -0.2) is 54.0 Å². The third-order valence-electron chi connectivity index (χ3n) is 5.11. The molecular weight excluding hydrogens is 304 g/mol. The van der Waals surface area contributed by atoms with Crippen molar-refractivity contribution in [1.82, 2.24) is 9.97 Å². The monoisotopic (exact) mass is 330 g/mol. The Bertz CT molecular complexity index is 607. The van der Waals surface area contributed by atoms with E-state index in [-0.39, 0.29) is 6.10 Å². The van der Waals surface area contributed by atoms with Gasteiger partial charge < -0.3 is 20.1 Å². The fraction of sp³-hybridized carbons (Fsp3) is 0.667. The first-order valence-electron chi connectivity index (χ1n) is 9.09. The number of β-amino-alcohol motifs (C(OH)–C–C–N with tert-alkyl or cyclic N) is 1. The molecule has 3 aliphatic rings. The standard InChI is InChI=1S/C18H26N4O2/c23-15-10-22(11-15)18-20-16(14-6-7-24-12-14)8-17(21-18)19-9-13-4-2-1-3-5-13/h4,8,14-15,23H,1-3,5-7,9-12H2,(H,19,20,21)/t14-/m0/s1. The van der Waals surface area contributed by atoms with Gasteiger partial charge in [0.1, 0.15) is 5.82 Å². The van der Waals surface area contributed by atoms with Crippen molar-refractivity contribution >= 4 is 11.8 Å². The molecule has 2 aliphatic heterocycles. The topological polar surface area (TPSA) is 70.5 Å². The number of anilines is 2. The number of aromatic nitrogens is 2. The summed E-state index contributed by atoms with van der Waals surface area (Å²) in [7, 11) is 0. The van der Waals surface area contributed by atoms with Crippen LogP contribution in [0.1, 0.15) is 43.7 Å². The number of hydrogen-bond acceptors (Lipinski definition) is 6. The molecule has 0 aromatic carbocycles. The minimum absolute atomic E-state index is 0.254. The summed E-state index contributed by atoms with van der Waals surface area (Å²) in [6.45, 7) is 3.65. The molecule has 24 heavy (non-hydrogen) atoms. The van der Waals surface area contributed by atoms with E-state index in [1.54, 1.807) is 0 Å². The number of ether oxygens (including phenoxy) is 1. The van der Waals surface area contributed by atoms with E-state index in [0.717, 1.165) is 43.6 Å². The number of aliphatic hydroxyl groups excluding tert-OH is 1. The lowest BCUT2D eigenvalue weighted by atomic mass is 10.00. The maximum absolute atomic E-state index is 9.56. The first-order chi connectivity index (χ1) is 11.8. The lowest BCUT2D eigenvalue weighted by Gasteiger charge is -2.36. The first kappa shape index (κ1) is 15.8. The van der Waals surface area contributed by atoms with Gasteiger partial charge in [0.05, 0.1) is 18.4 Å². The van der Waals surface area contributed by atoms with E-state index in [2.05, 4.69) is 22.4 Å². The lowest BCUT2D eigenvalue weighted by molar-refractivity contribution is 0.140. The highest BCUT2D eigenvalue weighted by Gasteiger charge is 2.28. The molecule has 1 aromatic rings. The zero-order valence-electron chi connectivity index (χ0n) is 14.1. The molecule has 0 radical (unpaired) electrons. The van der Waals surface area contributed by atoms with Crippen LogP contribution in [0.5, 0.6) is 0 Å². The van der Waals surface area contributed by atoms with E-state index in [0.29, 0.717) is 19.0 Å². The number of aliphatic hydroxyl groups is 1. The van der Waals surface area contributed by atoms with Crippen molar-refractivity contribution in [3.63, 3.8) is 0 Å². The Kier molecular flexibility index (Phi) is 4.67. The van der Waals surface area contributed by atoms with Crippen LogP contribution in [0.2, 0.25) is 0 Å². The molecule has 3 heterocycles. The number of nitrogens with zero attached hydrogens (tertiary/aromatic N) is 3. The Morgan fingerprint density at radius 1 is 1.29 bits per heavy atom. The molecule has 0 spiro atoms. The maximum atomic E-state index is 9.56. The van der Waals surface area contributed by atoms with Gasteiger partial charge in [-0.25, -0.2) is 4.98 Å². The maximum Gasteiger partial charge on any atom is 0.227 e. The SMILES string of the molecule is OC1CN(c2nc(NCC3=CCCCC3)cc([C@H]3CCOC3)n2)C1. The zero-order valence-corrected chi connectivity index (χ0v) is 14.1. The van der Waals surface area contributed by atoms with Crippen LogP contribution in [0.3, 0.4) is 0 Å².